The molecule has 0 N–H and O–H groups in total. The summed E-state index contributed by atoms with van der Waals surface area (Å²) in [6.45, 7) is 6.19. The van der Waals surface area contributed by atoms with Crippen molar-refractivity contribution in [2.24, 2.45) is 34.2 Å². The zero-order chi connectivity index (χ0) is 18.8. The van der Waals surface area contributed by atoms with Crippen LogP contribution in [0.5, 0.6) is 0 Å². The number of anilines is 1. The van der Waals surface area contributed by atoms with Crippen LogP contribution in [0.2, 0.25) is 0 Å². The number of carbonyl (C=O) groups is 2. The topological polar surface area (TPSA) is 53.0 Å². The van der Waals surface area contributed by atoms with Crippen LogP contribution in [0, 0.1) is 29.1 Å². The van der Waals surface area contributed by atoms with E-state index < -0.39 is 0 Å². The lowest BCUT2D eigenvalue weighted by Crippen LogP contribution is -2.30. The van der Waals surface area contributed by atoms with Crippen molar-refractivity contribution in [1.82, 2.24) is 5.01 Å². The predicted octanol–water partition coefficient (Wildman–Crippen LogP) is 3.06. The number of rotatable bonds is 5. The normalized spacial score (nSPS) is 32.1. The number of hydrogen-bond donors (Lipinski definition) is 0. The Kier molecular flexibility index (Phi) is 3.58. The number of allylic oxidation sites excluding steroid dienone is 2. The predicted molar refractivity (Wildman–Crippen MR) is 104 cm³/mol. The van der Waals surface area contributed by atoms with Gasteiger partial charge in [0.25, 0.3) is 11.8 Å². The SMILES string of the molecule is CCN(CC)c1ccc(/C=N\N2C(=O)[C@@H]3[C@@H](C2=O)[C@@H]2C=C[C@@H]3C23CC3)cc1. The largest absolute Gasteiger partial charge is 0.372 e. The molecule has 1 aliphatic heterocycles. The zero-order valence-corrected chi connectivity index (χ0v) is 15.8. The molecule has 27 heavy (non-hydrogen) atoms. The van der Waals surface area contributed by atoms with E-state index in [0.717, 1.165) is 42.2 Å². The molecular formula is C22H25N3O2. The minimum atomic E-state index is -0.183. The maximum absolute atomic E-state index is 12.9. The highest BCUT2D eigenvalue weighted by atomic mass is 16.2. The van der Waals surface area contributed by atoms with Crippen LogP contribution in [0.15, 0.2) is 41.5 Å². The summed E-state index contributed by atoms with van der Waals surface area (Å²) in [7, 11) is 0. The third-order valence-corrected chi connectivity index (χ3v) is 7.17. The van der Waals surface area contributed by atoms with Gasteiger partial charge in [0.05, 0.1) is 18.1 Å². The molecule has 2 bridgehead atoms. The highest BCUT2D eigenvalue weighted by Gasteiger charge is 2.73. The van der Waals surface area contributed by atoms with Crippen molar-refractivity contribution in [2.45, 2.75) is 26.7 Å². The van der Waals surface area contributed by atoms with Crippen LogP contribution < -0.4 is 4.90 Å². The molecule has 1 heterocycles. The number of imide groups is 1. The highest BCUT2D eigenvalue weighted by molar-refractivity contribution is 6.07. The second-order valence-electron chi connectivity index (χ2n) is 8.22. The molecular weight excluding hydrogens is 338 g/mol. The average Bonchev–Trinajstić information content (AvgIpc) is 3.29. The van der Waals surface area contributed by atoms with Gasteiger partial charge in [-0.3, -0.25) is 9.59 Å². The fraction of sp³-hybridized carbons (Fsp3) is 0.500. The first-order chi connectivity index (χ1) is 13.1. The zero-order valence-electron chi connectivity index (χ0n) is 15.8. The van der Waals surface area contributed by atoms with Gasteiger partial charge < -0.3 is 4.90 Å². The van der Waals surface area contributed by atoms with Crippen molar-refractivity contribution < 1.29 is 9.59 Å². The van der Waals surface area contributed by atoms with Crippen LogP contribution >= 0.6 is 0 Å². The quantitative estimate of drug-likeness (QED) is 0.459. The van der Waals surface area contributed by atoms with Gasteiger partial charge in [0.1, 0.15) is 0 Å². The highest BCUT2D eigenvalue weighted by Crippen LogP contribution is 2.73. The molecule has 4 atom stereocenters. The standard InChI is InChI=1S/C22H25N3O2/c1-3-24(4-2)15-7-5-14(6-8-15)13-23-25-20(26)18-16-9-10-17(19(18)21(25)27)22(16)11-12-22/h5-10,13,16-19H,3-4,11-12H2,1-2H3/b23-13-/t16-,17-,18-,19-/m0/s1. The van der Waals surface area contributed by atoms with Gasteiger partial charge in [-0.1, -0.05) is 24.3 Å². The first-order valence-electron chi connectivity index (χ1n) is 10.1. The molecule has 0 unspecified atom stereocenters. The van der Waals surface area contributed by atoms with Crippen molar-refractivity contribution in [2.75, 3.05) is 18.0 Å². The Balaban J connectivity index is 1.34. The van der Waals surface area contributed by atoms with E-state index in [1.165, 1.54) is 0 Å². The number of carbonyl (C=O) groups excluding carboxylic acids is 2. The fourth-order valence-corrected chi connectivity index (χ4v) is 5.66. The summed E-state index contributed by atoms with van der Waals surface area (Å²) in [6.07, 6.45) is 8.31. The number of hydrogen-bond acceptors (Lipinski definition) is 4. The summed E-state index contributed by atoms with van der Waals surface area (Å²) >= 11 is 0. The first-order valence-corrected chi connectivity index (χ1v) is 10.1. The lowest BCUT2D eigenvalue weighted by molar-refractivity contribution is -0.141. The van der Waals surface area contributed by atoms with E-state index in [1.54, 1.807) is 6.21 Å². The van der Waals surface area contributed by atoms with Gasteiger partial charge >= 0.3 is 0 Å². The Morgan fingerprint density at radius 1 is 1.04 bits per heavy atom. The van der Waals surface area contributed by atoms with E-state index in [4.69, 9.17) is 0 Å². The number of hydrazone groups is 1. The Labute approximate surface area is 159 Å². The van der Waals surface area contributed by atoms with E-state index in [1.807, 2.05) is 12.1 Å². The molecule has 4 aliphatic rings. The van der Waals surface area contributed by atoms with Crippen LogP contribution in [0.3, 0.4) is 0 Å². The third kappa shape index (κ3) is 2.20. The molecule has 1 spiro atoms. The molecule has 5 nitrogen and oxygen atoms in total. The monoisotopic (exact) mass is 363 g/mol. The molecule has 5 rings (SSSR count). The van der Waals surface area contributed by atoms with E-state index in [9.17, 15) is 9.59 Å². The smallest absolute Gasteiger partial charge is 0.254 e. The molecule has 2 amide bonds. The Bertz CT molecular complexity index is 815. The summed E-state index contributed by atoms with van der Waals surface area (Å²) < 4.78 is 0. The number of amides is 2. The van der Waals surface area contributed by atoms with E-state index in [0.29, 0.717) is 0 Å². The van der Waals surface area contributed by atoms with Crippen molar-refractivity contribution in [3.05, 3.63) is 42.0 Å². The molecule has 3 aliphatic carbocycles. The van der Waals surface area contributed by atoms with Gasteiger partial charge in [-0.15, -0.1) is 0 Å². The Morgan fingerprint density at radius 3 is 2.07 bits per heavy atom. The minimum Gasteiger partial charge on any atom is -0.372 e. The fourth-order valence-electron chi connectivity index (χ4n) is 5.66. The van der Waals surface area contributed by atoms with Gasteiger partial charge in [-0.05, 0) is 61.6 Å². The summed E-state index contributed by atoms with van der Waals surface area (Å²) in [5.41, 5.74) is 2.29. The molecule has 140 valence electrons. The van der Waals surface area contributed by atoms with Crippen molar-refractivity contribution in [1.29, 1.82) is 0 Å². The maximum atomic E-state index is 12.9. The molecule has 1 saturated heterocycles. The van der Waals surface area contributed by atoms with Gasteiger partial charge in [0.15, 0.2) is 0 Å². The summed E-state index contributed by atoms with van der Waals surface area (Å²) in [5.74, 6) is -0.0855. The van der Waals surface area contributed by atoms with E-state index >= 15 is 0 Å². The second kappa shape index (κ2) is 5.78. The number of nitrogens with zero attached hydrogens (tertiary/aromatic N) is 3. The van der Waals surface area contributed by atoms with Crippen molar-refractivity contribution in [3.63, 3.8) is 0 Å². The number of fused-ring (bicyclic) bond motifs is 3. The van der Waals surface area contributed by atoms with Crippen molar-refractivity contribution in [3.8, 4) is 0 Å². The summed E-state index contributed by atoms with van der Waals surface area (Å²) in [4.78, 5) is 28.1. The van der Waals surface area contributed by atoms with Gasteiger partial charge in [0.2, 0.25) is 0 Å². The van der Waals surface area contributed by atoms with Crippen LogP contribution in [0.1, 0.15) is 32.3 Å². The molecule has 1 aromatic rings. The molecule has 0 aromatic heterocycles. The first kappa shape index (κ1) is 16.7. The van der Waals surface area contributed by atoms with Crippen LogP contribution in [-0.4, -0.2) is 36.1 Å². The van der Waals surface area contributed by atoms with E-state index in [-0.39, 0.29) is 40.9 Å². The lowest BCUT2D eigenvalue weighted by Gasteiger charge is -2.21. The van der Waals surface area contributed by atoms with Gasteiger partial charge in [-0.25, -0.2) is 0 Å². The number of benzene rings is 1. The van der Waals surface area contributed by atoms with Crippen molar-refractivity contribution >= 4 is 23.7 Å². The van der Waals surface area contributed by atoms with Crippen LogP contribution in [-0.2, 0) is 9.59 Å². The van der Waals surface area contributed by atoms with Gasteiger partial charge in [0, 0.05) is 18.8 Å². The average molecular weight is 363 g/mol. The minimum absolute atomic E-state index is 0.107. The van der Waals surface area contributed by atoms with Crippen LogP contribution in [0.25, 0.3) is 0 Å². The molecule has 3 fully saturated rings. The van der Waals surface area contributed by atoms with Crippen LogP contribution in [0.4, 0.5) is 5.69 Å². The third-order valence-electron chi connectivity index (χ3n) is 7.17. The maximum Gasteiger partial charge on any atom is 0.254 e. The summed E-state index contributed by atoms with van der Waals surface area (Å²) in [5, 5.41) is 5.42. The Morgan fingerprint density at radius 2 is 1.59 bits per heavy atom. The van der Waals surface area contributed by atoms with Gasteiger partial charge in [-0.2, -0.15) is 10.1 Å². The lowest BCUT2D eigenvalue weighted by atomic mass is 9.85. The molecule has 5 heteroatoms. The van der Waals surface area contributed by atoms with E-state index in [2.05, 4.69) is 48.1 Å². The molecule has 1 aromatic carbocycles. The Hall–Kier alpha value is -2.43. The summed E-state index contributed by atoms with van der Waals surface area (Å²) in [6, 6.07) is 8.07. The molecule has 0 radical (unpaired) electrons. The second-order valence-corrected chi connectivity index (χ2v) is 8.22. The molecule has 2 saturated carbocycles.